The molecule has 0 bridgehead atoms. The summed E-state index contributed by atoms with van der Waals surface area (Å²) in [6, 6.07) is 16.4. The van der Waals surface area contributed by atoms with Gasteiger partial charge in [-0.15, -0.1) is 10.2 Å². The predicted molar refractivity (Wildman–Crippen MR) is 89.4 cm³/mol. The number of hydrogen-bond acceptors (Lipinski definition) is 4. The second kappa shape index (κ2) is 5.73. The Morgan fingerprint density at radius 3 is 2.52 bits per heavy atom. The first-order valence-electron chi connectivity index (χ1n) is 7.01. The van der Waals surface area contributed by atoms with Crippen LogP contribution in [0, 0.1) is 5.82 Å². The van der Waals surface area contributed by atoms with Crippen LogP contribution in [0.3, 0.4) is 0 Å². The van der Waals surface area contributed by atoms with Gasteiger partial charge in [0.15, 0.2) is 5.82 Å². The first kappa shape index (κ1) is 13.8. The second-order valence-corrected chi connectivity index (χ2v) is 5.87. The summed E-state index contributed by atoms with van der Waals surface area (Å²) >= 11 is 1.41. The molecule has 0 unspecified atom stereocenters. The Morgan fingerprint density at radius 1 is 0.913 bits per heavy atom. The maximum atomic E-state index is 13.9. The molecule has 0 saturated heterocycles. The van der Waals surface area contributed by atoms with Crippen LogP contribution < -0.4 is 0 Å². The van der Waals surface area contributed by atoms with Crippen molar-refractivity contribution in [1.29, 1.82) is 0 Å². The van der Waals surface area contributed by atoms with Crippen LogP contribution in [0.15, 0.2) is 54.6 Å². The van der Waals surface area contributed by atoms with Crippen LogP contribution in [0.4, 0.5) is 4.39 Å². The topological polar surface area (TPSA) is 43.1 Å². The smallest absolute Gasteiger partial charge is 0.206 e. The Hall–Kier alpha value is -2.86. The molecule has 0 atom stereocenters. The second-order valence-electron chi connectivity index (χ2n) is 4.88. The highest BCUT2D eigenvalue weighted by molar-refractivity contribution is 7.17. The van der Waals surface area contributed by atoms with Crippen LogP contribution in [0.1, 0.15) is 10.6 Å². The molecule has 4 aromatic rings. The zero-order valence-electron chi connectivity index (χ0n) is 11.9. The van der Waals surface area contributed by atoms with E-state index in [4.69, 9.17) is 0 Å². The summed E-state index contributed by atoms with van der Waals surface area (Å²) in [7, 11) is 0. The predicted octanol–water partition coefficient (Wildman–Crippen LogP) is 4.16. The summed E-state index contributed by atoms with van der Waals surface area (Å²) in [4.78, 5) is 0.635. The van der Waals surface area contributed by atoms with Gasteiger partial charge >= 0.3 is 0 Å². The SMILES string of the molecule is Fc1ccccc1-c1nnc2sc(/C=C/c3ccccc3)nn12. The molecule has 112 valence electrons. The van der Waals surface area contributed by atoms with Gasteiger partial charge in [0.25, 0.3) is 0 Å². The molecule has 0 aliphatic carbocycles. The largest absolute Gasteiger partial charge is 0.235 e. The van der Waals surface area contributed by atoms with E-state index >= 15 is 0 Å². The zero-order valence-corrected chi connectivity index (χ0v) is 12.7. The van der Waals surface area contributed by atoms with Gasteiger partial charge in [-0.1, -0.05) is 59.9 Å². The van der Waals surface area contributed by atoms with E-state index in [1.165, 1.54) is 17.4 Å². The number of rotatable bonds is 3. The quantitative estimate of drug-likeness (QED) is 0.569. The Labute approximate surface area is 135 Å². The van der Waals surface area contributed by atoms with E-state index in [9.17, 15) is 4.39 Å². The Kier molecular flexibility index (Phi) is 3.44. The molecule has 6 heteroatoms. The first-order valence-corrected chi connectivity index (χ1v) is 7.83. The molecule has 0 fully saturated rings. The van der Waals surface area contributed by atoms with Crippen molar-refractivity contribution in [2.24, 2.45) is 0 Å². The van der Waals surface area contributed by atoms with E-state index in [1.54, 1.807) is 22.7 Å². The standard InChI is InChI=1S/C17H11FN4S/c18-14-9-5-4-8-13(14)16-19-20-17-22(16)21-15(23-17)11-10-12-6-2-1-3-7-12/h1-11H/b11-10+. The van der Waals surface area contributed by atoms with Gasteiger partial charge in [0.1, 0.15) is 10.8 Å². The van der Waals surface area contributed by atoms with Gasteiger partial charge in [-0.25, -0.2) is 4.39 Å². The molecular weight excluding hydrogens is 311 g/mol. The van der Waals surface area contributed by atoms with Crippen molar-refractivity contribution < 1.29 is 4.39 Å². The number of hydrogen-bond donors (Lipinski definition) is 0. The lowest BCUT2D eigenvalue weighted by Gasteiger charge is -1.97. The summed E-state index contributed by atoms with van der Waals surface area (Å²) < 4.78 is 15.5. The van der Waals surface area contributed by atoms with Crippen molar-refractivity contribution in [2.45, 2.75) is 0 Å². The highest BCUT2D eigenvalue weighted by atomic mass is 32.1. The van der Waals surface area contributed by atoms with Gasteiger partial charge in [-0.2, -0.15) is 9.61 Å². The molecule has 0 radical (unpaired) electrons. The van der Waals surface area contributed by atoms with Gasteiger partial charge in [0, 0.05) is 0 Å². The van der Waals surface area contributed by atoms with Gasteiger partial charge in [0.05, 0.1) is 5.56 Å². The summed E-state index contributed by atoms with van der Waals surface area (Å²) in [5.41, 5.74) is 1.48. The minimum atomic E-state index is -0.337. The van der Waals surface area contributed by atoms with Crippen LogP contribution in [0.5, 0.6) is 0 Å². The molecule has 23 heavy (non-hydrogen) atoms. The van der Waals surface area contributed by atoms with Gasteiger partial charge in [0.2, 0.25) is 4.96 Å². The maximum Gasteiger partial charge on any atom is 0.235 e. The molecule has 2 aromatic carbocycles. The fraction of sp³-hybridized carbons (Fsp3) is 0. The molecule has 0 spiro atoms. The molecule has 0 amide bonds. The van der Waals surface area contributed by atoms with Crippen molar-refractivity contribution in [3.05, 3.63) is 71.0 Å². The van der Waals surface area contributed by atoms with Crippen molar-refractivity contribution in [2.75, 3.05) is 0 Å². The normalized spacial score (nSPS) is 11.5. The molecular formula is C17H11FN4S. The summed E-state index contributed by atoms with van der Waals surface area (Å²) in [5.74, 6) is 0.0740. The van der Waals surface area contributed by atoms with Crippen LogP contribution in [-0.2, 0) is 0 Å². The maximum absolute atomic E-state index is 13.9. The lowest BCUT2D eigenvalue weighted by molar-refractivity contribution is 0.629. The fourth-order valence-corrected chi connectivity index (χ4v) is 2.98. The van der Waals surface area contributed by atoms with E-state index < -0.39 is 0 Å². The first-order chi connectivity index (χ1) is 11.3. The number of nitrogens with zero attached hydrogens (tertiary/aromatic N) is 4. The van der Waals surface area contributed by atoms with Crippen molar-refractivity contribution >= 4 is 28.4 Å². The lowest BCUT2D eigenvalue weighted by atomic mass is 10.2. The number of benzene rings is 2. The van der Waals surface area contributed by atoms with Gasteiger partial charge in [-0.05, 0) is 23.8 Å². The van der Waals surface area contributed by atoms with Gasteiger partial charge in [-0.3, -0.25) is 0 Å². The highest BCUT2D eigenvalue weighted by Crippen LogP contribution is 2.24. The van der Waals surface area contributed by atoms with Crippen molar-refractivity contribution in [1.82, 2.24) is 19.8 Å². The Morgan fingerprint density at radius 2 is 1.70 bits per heavy atom. The van der Waals surface area contributed by atoms with Crippen LogP contribution in [0.2, 0.25) is 0 Å². The molecule has 0 aliphatic rings. The monoisotopic (exact) mass is 322 g/mol. The van der Waals surface area contributed by atoms with E-state index in [-0.39, 0.29) is 5.82 Å². The average Bonchev–Trinajstić information content (AvgIpc) is 3.15. The molecule has 0 aliphatic heterocycles. The van der Waals surface area contributed by atoms with E-state index in [0.29, 0.717) is 16.3 Å². The third kappa shape index (κ3) is 2.64. The van der Waals surface area contributed by atoms with Crippen molar-refractivity contribution in [3.63, 3.8) is 0 Å². The molecule has 2 heterocycles. The summed E-state index contributed by atoms with van der Waals surface area (Å²) in [5, 5.41) is 13.4. The van der Waals surface area contributed by atoms with Crippen LogP contribution >= 0.6 is 11.3 Å². The minimum absolute atomic E-state index is 0.337. The van der Waals surface area contributed by atoms with Gasteiger partial charge < -0.3 is 0 Å². The van der Waals surface area contributed by atoms with Crippen LogP contribution in [-0.4, -0.2) is 19.8 Å². The van der Waals surface area contributed by atoms with E-state index in [1.807, 2.05) is 42.5 Å². The average molecular weight is 322 g/mol. The van der Waals surface area contributed by atoms with E-state index in [2.05, 4.69) is 15.3 Å². The highest BCUT2D eigenvalue weighted by Gasteiger charge is 2.15. The number of halogens is 1. The number of fused-ring (bicyclic) bond motifs is 1. The fourth-order valence-electron chi connectivity index (χ4n) is 2.24. The lowest BCUT2D eigenvalue weighted by Crippen LogP contribution is -1.93. The number of aromatic nitrogens is 4. The van der Waals surface area contributed by atoms with Crippen molar-refractivity contribution in [3.8, 4) is 11.4 Å². The Bertz CT molecular complexity index is 988. The molecule has 4 nitrogen and oxygen atoms in total. The summed E-state index contributed by atoms with van der Waals surface area (Å²) in [6.07, 6.45) is 3.90. The third-order valence-electron chi connectivity index (χ3n) is 3.34. The molecule has 4 rings (SSSR count). The minimum Gasteiger partial charge on any atom is -0.206 e. The van der Waals surface area contributed by atoms with Crippen LogP contribution in [0.25, 0.3) is 28.5 Å². The van der Waals surface area contributed by atoms with E-state index in [0.717, 1.165) is 10.6 Å². The third-order valence-corrected chi connectivity index (χ3v) is 4.20. The molecule has 2 aromatic heterocycles. The Balaban J connectivity index is 1.73. The molecule has 0 N–H and O–H groups in total. The zero-order chi connectivity index (χ0) is 15.6. The molecule has 0 saturated carbocycles. The summed E-state index contributed by atoms with van der Waals surface area (Å²) in [6.45, 7) is 0.